The Labute approximate surface area is 118 Å². The first kappa shape index (κ1) is 12.9. The Bertz CT molecular complexity index is 653. The summed E-state index contributed by atoms with van der Waals surface area (Å²) in [7, 11) is 3.32. The molecule has 0 radical (unpaired) electrons. The first-order valence-corrected chi connectivity index (χ1v) is 6.81. The van der Waals surface area contributed by atoms with E-state index >= 15 is 0 Å². The van der Waals surface area contributed by atoms with E-state index in [-0.39, 0.29) is 0 Å². The summed E-state index contributed by atoms with van der Waals surface area (Å²) in [5.74, 6) is 1.51. The molecule has 1 aromatic carbocycles. The number of ether oxygens (including phenoxy) is 2. The second-order valence-corrected chi connectivity index (χ2v) is 5.08. The van der Waals surface area contributed by atoms with E-state index in [1.54, 1.807) is 14.2 Å². The molecule has 0 saturated heterocycles. The van der Waals surface area contributed by atoms with Gasteiger partial charge in [0.1, 0.15) is 0 Å². The predicted molar refractivity (Wildman–Crippen MR) is 77.3 cm³/mol. The van der Waals surface area contributed by atoms with Crippen molar-refractivity contribution in [2.45, 2.75) is 26.2 Å². The summed E-state index contributed by atoms with van der Waals surface area (Å²) < 4.78 is 10.8. The lowest BCUT2D eigenvalue weighted by Gasteiger charge is -2.13. The molecule has 0 spiro atoms. The molecule has 1 heterocycles. The number of hydrogen-bond donors (Lipinski definition) is 0. The summed E-state index contributed by atoms with van der Waals surface area (Å²) in [5, 5.41) is 8.61. The number of benzene rings is 1. The van der Waals surface area contributed by atoms with Crippen molar-refractivity contribution in [1.29, 1.82) is 0 Å². The van der Waals surface area contributed by atoms with E-state index in [1.807, 2.05) is 13.0 Å². The summed E-state index contributed by atoms with van der Waals surface area (Å²) in [6, 6.07) is 6.21. The molecule has 2 aromatic rings. The number of rotatable bonds is 2. The quantitative estimate of drug-likeness (QED) is 0.841. The summed E-state index contributed by atoms with van der Waals surface area (Å²) >= 11 is 0. The van der Waals surface area contributed by atoms with Crippen molar-refractivity contribution in [3.05, 3.63) is 35.0 Å². The van der Waals surface area contributed by atoms with Crippen LogP contribution in [0.25, 0.3) is 11.3 Å². The van der Waals surface area contributed by atoms with Gasteiger partial charge in [-0.25, -0.2) is 0 Å². The van der Waals surface area contributed by atoms with E-state index in [9.17, 15) is 0 Å². The van der Waals surface area contributed by atoms with Crippen LogP contribution in [0.1, 0.15) is 23.2 Å². The van der Waals surface area contributed by atoms with Crippen molar-refractivity contribution in [1.82, 2.24) is 10.2 Å². The third-order valence-corrected chi connectivity index (χ3v) is 3.75. The third kappa shape index (κ3) is 2.11. The number of methoxy groups -OCH3 is 2. The molecule has 4 nitrogen and oxygen atoms in total. The van der Waals surface area contributed by atoms with Gasteiger partial charge in [-0.1, -0.05) is 0 Å². The molecule has 20 heavy (non-hydrogen) atoms. The Kier molecular flexibility index (Phi) is 3.30. The SMILES string of the molecule is COc1cc2c(cc1OC)-c1nnc(C)cc1CCC2. The molecular weight excluding hydrogens is 252 g/mol. The molecule has 0 unspecified atom stereocenters. The Morgan fingerprint density at radius 2 is 1.60 bits per heavy atom. The highest BCUT2D eigenvalue weighted by atomic mass is 16.5. The van der Waals surface area contributed by atoms with E-state index in [2.05, 4.69) is 22.3 Å². The van der Waals surface area contributed by atoms with Crippen LogP contribution in [0.4, 0.5) is 0 Å². The van der Waals surface area contributed by atoms with Gasteiger partial charge >= 0.3 is 0 Å². The van der Waals surface area contributed by atoms with E-state index in [4.69, 9.17) is 9.47 Å². The molecule has 0 bridgehead atoms. The minimum atomic E-state index is 0.737. The lowest BCUT2D eigenvalue weighted by Crippen LogP contribution is -1.98. The van der Waals surface area contributed by atoms with Gasteiger partial charge in [-0.05, 0) is 55.5 Å². The summed E-state index contributed by atoms with van der Waals surface area (Å²) in [4.78, 5) is 0. The Hall–Kier alpha value is -2.10. The fourth-order valence-electron chi connectivity index (χ4n) is 2.78. The van der Waals surface area contributed by atoms with Crippen molar-refractivity contribution in [2.24, 2.45) is 0 Å². The van der Waals surface area contributed by atoms with Crippen LogP contribution in [0.3, 0.4) is 0 Å². The number of aryl methyl sites for hydroxylation is 3. The number of nitrogens with zero attached hydrogens (tertiary/aromatic N) is 2. The molecule has 104 valence electrons. The molecule has 0 N–H and O–H groups in total. The van der Waals surface area contributed by atoms with Gasteiger partial charge in [-0.15, -0.1) is 5.10 Å². The first-order valence-electron chi connectivity index (χ1n) is 6.81. The highest BCUT2D eigenvalue weighted by molar-refractivity contribution is 5.71. The maximum absolute atomic E-state index is 5.41. The topological polar surface area (TPSA) is 44.2 Å². The molecule has 4 heteroatoms. The molecule has 1 aliphatic rings. The summed E-state index contributed by atoms with van der Waals surface area (Å²) in [5.41, 5.74) is 5.57. The standard InChI is InChI=1S/C16H18N2O2/c1-10-7-12-6-4-5-11-8-14(19-2)15(20-3)9-13(11)16(12)18-17-10/h7-9H,4-6H2,1-3H3. The van der Waals surface area contributed by atoms with Gasteiger partial charge in [-0.3, -0.25) is 0 Å². The van der Waals surface area contributed by atoms with E-state index in [1.165, 1.54) is 11.1 Å². The first-order chi connectivity index (χ1) is 9.72. The lowest BCUT2D eigenvalue weighted by molar-refractivity contribution is 0.354. The summed E-state index contributed by atoms with van der Waals surface area (Å²) in [6.45, 7) is 1.98. The van der Waals surface area contributed by atoms with E-state index < -0.39 is 0 Å². The van der Waals surface area contributed by atoms with Gasteiger partial charge in [0.2, 0.25) is 0 Å². The average molecular weight is 270 g/mol. The zero-order chi connectivity index (χ0) is 14.1. The molecule has 0 atom stereocenters. The third-order valence-electron chi connectivity index (χ3n) is 3.75. The van der Waals surface area contributed by atoms with Crippen LogP contribution in [0.2, 0.25) is 0 Å². The monoisotopic (exact) mass is 270 g/mol. The van der Waals surface area contributed by atoms with Crippen LogP contribution in [-0.2, 0) is 12.8 Å². The zero-order valence-corrected chi connectivity index (χ0v) is 12.1. The van der Waals surface area contributed by atoms with Gasteiger partial charge in [0.15, 0.2) is 11.5 Å². The van der Waals surface area contributed by atoms with Crippen molar-refractivity contribution in [3.63, 3.8) is 0 Å². The molecular formula is C16H18N2O2. The molecule has 0 aliphatic heterocycles. The fourth-order valence-corrected chi connectivity index (χ4v) is 2.78. The average Bonchev–Trinajstić information content (AvgIpc) is 2.63. The van der Waals surface area contributed by atoms with Crippen LogP contribution in [-0.4, -0.2) is 24.4 Å². The van der Waals surface area contributed by atoms with Gasteiger partial charge in [0, 0.05) is 5.56 Å². The molecule has 1 aliphatic carbocycles. The summed E-state index contributed by atoms with van der Waals surface area (Å²) in [6.07, 6.45) is 3.16. The Morgan fingerprint density at radius 3 is 2.35 bits per heavy atom. The van der Waals surface area contributed by atoms with Crippen molar-refractivity contribution in [2.75, 3.05) is 14.2 Å². The molecule has 3 rings (SSSR count). The minimum Gasteiger partial charge on any atom is -0.493 e. The predicted octanol–water partition coefficient (Wildman–Crippen LogP) is 2.96. The van der Waals surface area contributed by atoms with Gasteiger partial charge in [-0.2, -0.15) is 5.10 Å². The van der Waals surface area contributed by atoms with Gasteiger partial charge in [0.05, 0.1) is 25.6 Å². The van der Waals surface area contributed by atoms with Crippen molar-refractivity contribution < 1.29 is 9.47 Å². The highest BCUT2D eigenvalue weighted by Gasteiger charge is 2.19. The van der Waals surface area contributed by atoms with Gasteiger partial charge < -0.3 is 9.47 Å². The second-order valence-electron chi connectivity index (χ2n) is 5.08. The maximum Gasteiger partial charge on any atom is 0.161 e. The molecule has 1 aromatic heterocycles. The Balaban J connectivity index is 2.22. The largest absolute Gasteiger partial charge is 0.493 e. The minimum absolute atomic E-state index is 0.737. The van der Waals surface area contributed by atoms with Crippen molar-refractivity contribution in [3.8, 4) is 22.8 Å². The Morgan fingerprint density at radius 1 is 0.900 bits per heavy atom. The molecule has 0 saturated carbocycles. The maximum atomic E-state index is 5.41. The van der Waals surface area contributed by atoms with E-state index in [0.29, 0.717) is 0 Å². The zero-order valence-electron chi connectivity index (χ0n) is 12.1. The van der Waals surface area contributed by atoms with Crippen LogP contribution in [0.5, 0.6) is 11.5 Å². The fraction of sp³-hybridized carbons (Fsp3) is 0.375. The normalized spacial score (nSPS) is 13.2. The number of aromatic nitrogens is 2. The molecule has 0 amide bonds. The van der Waals surface area contributed by atoms with E-state index in [0.717, 1.165) is 47.7 Å². The second kappa shape index (κ2) is 5.12. The van der Waals surface area contributed by atoms with Crippen LogP contribution in [0, 0.1) is 6.92 Å². The van der Waals surface area contributed by atoms with Gasteiger partial charge in [0.25, 0.3) is 0 Å². The smallest absolute Gasteiger partial charge is 0.161 e. The number of fused-ring (bicyclic) bond motifs is 3. The van der Waals surface area contributed by atoms with Crippen LogP contribution < -0.4 is 9.47 Å². The highest BCUT2D eigenvalue weighted by Crippen LogP contribution is 2.38. The van der Waals surface area contributed by atoms with Crippen LogP contribution >= 0.6 is 0 Å². The number of hydrogen-bond acceptors (Lipinski definition) is 4. The van der Waals surface area contributed by atoms with Crippen molar-refractivity contribution >= 4 is 0 Å². The van der Waals surface area contributed by atoms with Crippen LogP contribution in [0.15, 0.2) is 18.2 Å². The lowest BCUT2D eigenvalue weighted by atomic mass is 10.0. The molecule has 0 fully saturated rings.